The van der Waals surface area contributed by atoms with Crippen LogP contribution in [0.3, 0.4) is 0 Å². The predicted molar refractivity (Wildman–Crippen MR) is 68.1 cm³/mol. The molecule has 0 bridgehead atoms. The molecule has 80 valence electrons. The van der Waals surface area contributed by atoms with Gasteiger partial charge in [-0.05, 0) is 44.6 Å². The first-order chi connectivity index (χ1) is 7.22. The van der Waals surface area contributed by atoms with E-state index in [0.717, 1.165) is 19.3 Å². The Bertz CT molecular complexity index is 486. The van der Waals surface area contributed by atoms with Gasteiger partial charge in [0.05, 0.1) is 9.77 Å². The standard InChI is InChI=1S/C9H8BrIN2O2/c1-14-5-15-8-2-6(10)4-13-9(8)7(11)3-12-13/h2-4H,5H2,1H3. The van der Waals surface area contributed by atoms with E-state index in [1.54, 1.807) is 17.8 Å². The van der Waals surface area contributed by atoms with Crippen molar-refractivity contribution < 1.29 is 9.47 Å². The van der Waals surface area contributed by atoms with Crippen LogP contribution in [0.5, 0.6) is 5.75 Å². The molecule has 6 heteroatoms. The van der Waals surface area contributed by atoms with Gasteiger partial charge in [-0.3, -0.25) is 0 Å². The summed E-state index contributed by atoms with van der Waals surface area (Å²) in [5, 5.41) is 4.21. The fourth-order valence-electron chi connectivity index (χ4n) is 1.25. The Morgan fingerprint density at radius 1 is 1.60 bits per heavy atom. The van der Waals surface area contributed by atoms with E-state index < -0.39 is 0 Å². The Kier molecular flexibility index (Phi) is 3.47. The van der Waals surface area contributed by atoms with Gasteiger partial charge in [-0.1, -0.05) is 0 Å². The summed E-state index contributed by atoms with van der Waals surface area (Å²) in [6.45, 7) is 0.230. The normalized spacial score (nSPS) is 10.9. The predicted octanol–water partition coefficient (Wildman–Crippen LogP) is 2.68. The van der Waals surface area contributed by atoms with Crippen molar-refractivity contribution >= 4 is 44.0 Å². The summed E-state index contributed by atoms with van der Waals surface area (Å²) in [5.41, 5.74) is 0.954. The van der Waals surface area contributed by atoms with Gasteiger partial charge >= 0.3 is 0 Å². The highest BCUT2D eigenvalue weighted by Crippen LogP contribution is 2.28. The second-order valence-electron chi connectivity index (χ2n) is 2.86. The quantitative estimate of drug-likeness (QED) is 0.604. The molecule has 0 saturated carbocycles. The second-order valence-corrected chi connectivity index (χ2v) is 4.94. The maximum Gasteiger partial charge on any atom is 0.188 e. The molecule has 0 aliphatic rings. The molecule has 0 aromatic carbocycles. The van der Waals surface area contributed by atoms with E-state index in [9.17, 15) is 0 Å². The van der Waals surface area contributed by atoms with Crippen LogP contribution in [-0.4, -0.2) is 23.5 Å². The molecular weight excluding hydrogens is 375 g/mol. The minimum atomic E-state index is 0.230. The van der Waals surface area contributed by atoms with Crippen LogP contribution in [-0.2, 0) is 4.74 Å². The van der Waals surface area contributed by atoms with Gasteiger partial charge in [0.15, 0.2) is 12.5 Å². The lowest BCUT2D eigenvalue weighted by atomic mass is 10.4. The molecule has 0 aliphatic carbocycles. The molecule has 15 heavy (non-hydrogen) atoms. The second kappa shape index (κ2) is 4.67. The highest BCUT2D eigenvalue weighted by molar-refractivity contribution is 14.1. The number of hydrogen-bond donors (Lipinski definition) is 0. The summed E-state index contributed by atoms with van der Waals surface area (Å²) in [7, 11) is 1.59. The average molecular weight is 383 g/mol. The molecule has 0 unspecified atom stereocenters. The van der Waals surface area contributed by atoms with Crippen LogP contribution in [0.15, 0.2) is 22.9 Å². The van der Waals surface area contributed by atoms with Gasteiger partial charge in [0.25, 0.3) is 0 Å². The Labute approximate surface area is 109 Å². The topological polar surface area (TPSA) is 35.8 Å². The van der Waals surface area contributed by atoms with Gasteiger partial charge < -0.3 is 9.47 Å². The van der Waals surface area contributed by atoms with E-state index in [1.165, 1.54) is 0 Å². The lowest BCUT2D eigenvalue weighted by Crippen LogP contribution is -2.01. The fourth-order valence-corrected chi connectivity index (χ4v) is 2.29. The number of methoxy groups -OCH3 is 1. The van der Waals surface area contributed by atoms with Crippen molar-refractivity contribution in [1.29, 1.82) is 0 Å². The van der Waals surface area contributed by atoms with E-state index in [2.05, 4.69) is 43.6 Å². The Morgan fingerprint density at radius 2 is 2.40 bits per heavy atom. The van der Waals surface area contributed by atoms with Crippen LogP contribution in [0.2, 0.25) is 0 Å². The molecule has 2 aromatic heterocycles. The number of fused-ring (bicyclic) bond motifs is 1. The SMILES string of the molecule is COCOc1cc(Br)cn2ncc(I)c12. The fraction of sp³-hybridized carbons (Fsp3) is 0.222. The molecular formula is C9H8BrIN2O2. The Morgan fingerprint density at radius 3 is 3.13 bits per heavy atom. The van der Waals surface area contributed by atoms with Gasteiger partial charge in [-0.25, -0.2) is 4.52 Å². The molecule has 2 aromatic rings. The molecule has 0 atom stereocenters. The lowest BCUT2D eigenvalue weighted by molar-refractivity contribution is 0.0519. The van der Waals surface area contributed by atoms with Crippen molar-refractivity contribution in [1.82, 2.24) is 9.61 Å². The summed E-state index contributed by atoms with van der Waals surface area (Å²) < 4.78 is 14.1. The van der Waals surface area contributed by atoms with Crippen LogP contribution >= 0.6 is 38.5 Å². The first kappa shape index (κ1) is 11.2. The number of pyridine rings is 1. The van der Waals surface area contributed by atoms with Crippen LogP contribution < -0.4 is 4.74 Å². The number of hydrogen-bond acceptors (Lipinski definition) is 3. The molecule has 4 nitrogen and oxygen atoms in total. The Balaban J connectivity index is 2.53. The molecule has 0 fully saturated rings. The van der Waals surface area contributed by atoms with Crippen molar-refractivity contribution in [3.05, 3.63) is 26.5 Å². The van der Waals surface area contributed by atoms with Crippen LogP contribution in [0.4, 0.5) is 0 Å². The number of ether oxygens (including phenoxy) is 2. The highest BCUT2D eigenvalue weighted by Gasteiger charge is 2.09. The third-order valence-corrected chi connectivity index (χ3v) is 3.05. The molecule has 0 saturated heterocycles. The number of rotatable bonds is 3. The first-order valence-electron chi connectivity index (χ1n) is 4.16. The minimum Gasteiger partial charge on any atom is -0.465 e. The zero-order valence-electron chi connectivity index (χ0n) is 7.91. The summed E-state index contributed by atoms with van der Waals surface area (Å²) in [4.78, 5) is 0. The maximum atomic E-state index is 5.47. The van der Waals surface area contributed by atoms with Gasteiger partial charge in [-0.15, -0.1) is 0 Å². The van der Waals surface area contributed by atoms with Gasteiger partial charge in [-0.2, -0.15) is 5.10 Å². The highest BCUT2D eigenvalue weighted by atomic mass is 127. The third kappa shape index (κ3) is 2.26. The van der Waals surface area contributed by atoms with Gasteiger partial charge in [0, 0.05) is 17.8 Å². The van der Waals surface area contributed by atoms with E-state index in [-0.39, 0.29) is 6.79 Å². The van der Waals surface area contributed by atoms with Crippen molar-refractivity contribution in [2.24, 2.45) is 0 Å². The van der Waals surface area contributed by atoms with Crippen LogP contribution in [0.25, 0.3) is 5.52 Å². The van der Waals surface area contributed by atoms with Crippen molar-refractivity contribution in [3.8, 4) is 5.75 Å². The van der Waals surface area contributed by atoms with Crippen molar-refractivity contribution in [2.45, 2.75) is 0 Å². The van der Waals surface area contributed by atoms with E-state index in [4.69, 9.17) is 9.47 Å². The number of aromatic nitrogens is 2. The van der Waals surface area contributed by atoms with Crippen LogP contribution in [0.1, 0.15) is 0 Å². The molecule has 0 radical (unpaired) electrons. The maximum absolute atomic E-state index is 5.47. The zero-order valence-corrected chi connectivity index (χ0v) is 11.6. The minimum absolute atomic E-state index is 0.230. The smallest absolute Gasteiger partial charge is 0.188 e. The summed E-state index contributed by atoms with van der Waals surface area (Å²) in [6, 6.07) is 1.90. The lowest BCUT2D eigenvalue weighted by Gasteiger charge is -2.07. The van der Waals surface area contributed by atoms with Crippen molar-refractivity contribution in [3.63, 3.8) is 0 Å². The van der Waals surface area contributed by atoms with E-state index in [1.807, 2.05) is 12.3 Å². The molecule has 2 rings (SSSR count). The number of halogens is 2. The summed E-state index contributed by atoms with van der Waals surface area (Å²) in [6.07, 6.45) is 3.68. The van der Waals surface area contributed by atoms with Crippen LogP contribution in [0, 0.1) is 3.57 Å². The average Bonchev–Trinajstić information content (AvgIpc) is 2.56. The summed E-state index contributed by atoms with van der Waals surface area (Å²) >= 11 is 5.62. The molecule has 0 aliphatic heterocycles. The van der Waals surface area contributed by atoms with Gasteiger partial charge in [0.1, 0.15) is 5.52 Å². The zero-order chi connectivity index (χ0) is 10.8. The number of nitrogens with zero attached hydrogens (tertiary/aromatic N) is 2. The van der Waals surface area contributed by atoms with E-state index in [0.29, 0.717) is 0 Å². The first-order valence-corrected chi connectivity index (χ1v) is 6.03. The monoisotopic (exact) mass is 382 g/mol. The largest absolute Gasteiger partial charge is 0.465 e. The summed E-state index contributed by atoms with van der Waals surface area (Å²) in [5.74, 6) is 0.758. The third-order valence-electron chi connectivity index (χ3n) is 1.83. The molecule has 0 N–H and O–H groups in total. The van der Waals surface area contributed by atoms with Gasteiger partial charge in [0.2, 0.25) is 0 Å². The van der Waals surface area contributed by atoms with E-state index >= 15 is 0 Å². The van der Waals surface area contributed by atoms with Crippen molar-refractivity contribution in [2.75, 3.05) is 13.9 Å². The Hall–Kier alpha value is -0.340. The molecule has 0 spiro atoms. The molecule has 2 heterocycles. The molecule has 0 amide bonds.